The first-order valence-electron chi connectivity index (χ1n) is 10.4. The number of anilines is 1. The Morgan fingerprint density at radius 3 is 2.66 bits per heavy atom. The minimum atomic E-state index is -0.188. The minimum Gasteiger partial charge on any atom is -0.372 e. The van der Waals surface area contributed by atoms with Gasteiger partial charge in [-0.15, -0.1) is 0 Å². The van der Waals surface area contributed by atoms with Crippen molar-refractivity contribution >= 4 is 22.4 Å². The van der Waals surface area contributed by atoms with Crippen molar-refractivity contribution in [1.29, 1.82) is 0 Å². The van der Waals surface area contributed by atoms with Crippen LogP contribution < -0.4 is 10.2 Å². The SMILES string of the molecule is Cc1cc(-c2sc(N3CCOC(C)(C)C3)nc2CNC(=O)CC2CC2)cc(C)n1. The Labute approximate surface area is 176 Å². The summed E-state index contributed by atoms with van der Waals surface area (Å²) in [5.41, 5.74) is 3.85. The van der Waals surface area contributed by atoms with Crippen LogP contribution in [0.2, 0.25) is 0 Å². The Balaban J connectivity index is 1.61. The highest BCUT2D eigenvalue weighted by atomic mass is 32.1. The van der Waals surface area contributed by atoms with Crippen molar-refractivity contribution in [2.24, 2.45) is 5.92 Å². The number of amides is 1. The van der Waals surface area contributed by atoms with Crippen LogP contribution in [0.5, 0.6) is 0 Å². The average molecular weight is 415 g/mol. The number of nitrogens with one attached hydrogen (secondary N) is 1. The molecule has 0 unspecified atom stereocenters. The molecule has 3 heterocycles. The van der Waals surface area contributed by atoms with E-state index in [1.165, 1.54) is 12.8 Å². The third kappa shape index (κ3) is 5.14. The molecule has 1 saturated carbocycles. The van der Waals surface area contributed by atoms with Crippen LogP contribution in [-0.2, 0) is 16.1 Å². The lowest BCUT2D eigenvalue weighted by atomic mass is 10.1. The van der Waals surface area contributed by atoms with Gasteiger partial charge in [0.2, 0.25) is 5.91 Å². The normalized spacial score (nSPS) is 18.7. The number of thiazole rings is 1. The monoisotopic (exact) mass is 414 g/mol. The van der Waals surface area contributed by atoms with Crippen molar-refractivity contribution in [3.05, 3.63) is 29.2 Å². The van der Waals surface area contributed by atoms with Crippen molar-refractivity contribution in [2.45, 2.75) is 59.1 Å². The Morgan fingerprint density at radius 2 is 2.00 bits per heavy atom. The molecule has 1 aliphatic heterocycles. The summed E-state index contributed by atoms with van der Waals surface area (Å²) in [5, 5.41) is 4.08. The van der Waals surface area contributed by atoms with E-state index in [9.17, 15) is 4.79 Å². The standard InChI is InChI=1S/C22H30N4O2S/c1-14-9-17(10-15(2)24-14)20-18(12-23-19(27)11-16-5-6-16)25-21(29-20)26-7-8-28-22(3,4)13-26/h9-10,16H,5-8,11-13H2,1-4H3,(H,23,27). The largest absolute Gasteiger partial charge is 0.372 e. The topological polar surface area (TPSA) is 67.3 Å². The van der Waals surface area contributed by atoms with Crippen molar-refractivity contribution in [3.8, 4) is 10.4 Å². The molecule has 2 aromatic heterocycles. The second kappa shape index (κ2) is 8.03. The first kappa shape index (κ1) is 20.3. The number of carbonyl (C=O) groups is 1. The Bertz CT molecular complexity index is 884. The van der Waals surface area contributed by atoms with Gasteiger partial charge in [-0.25, -0.2) is 4.98 Å². The molecule has 0 aromatic carbocycles. The molecular weight excluding hydrogens is 384 g/mol. The predicted octanol–water partition coefficient (Wildman–Crippen LogP) is 3.85. The van der Waals surface area contributed by atoms with E-state index in [0.717, 1.165) is 45.7 Å². The van der Waals surface area contributed by atoms with Gasteiger partial charge in [0.15, 0.2) is 5.13 Å². The fraction of sp³-hybridized carbons (Fsp3) is 0.591. The number of hydrogen-bond donors (Lipinski definition) is 1. The molecule has 0 spiro atoms. The molecule has 0 atom stereocenters. The van der Waals surface area contributed by atoms with Crippen LogP contribution >= 0.6 is 11.3 Å². The maximum Gasteiger partial charge on any atom is 0.220 e. The van der Waals surface area contributed by atoms with E-state index in [2.05, 4.69) is 41.2 Å². The number of nitrogens with zero attached hydrogens (tertiary/aromatic N) is 3. The van der Waals surface area contributed by atoms with Gasteiger partial charge in [-0.1, -0.05) is 11.3 Å². The molecule has 1 N–H and O–H groups in total. The first-order chi connectivity index (χ1) is 13.8. The predicted molar refractivity (Wildman–Crippen MR) is 116 cm³/mol. The number of aromatic nitrogens is 2. The van der Waals surface area contributed by atoms with Crippen LogP contribution in [0.1, 0.15) is 50.2 Å². The fourth-order valence-corrected chi connectivity index (χ4v) is 4.90. The van der Waals surface area contributed by atoms with Crippen LogP contribution in [0, 0.1) is 19.8 Å². The molecule has 0 bridgehead atoms. The Hall–Kier alpha value is -1.99. The Kier molecular flexibility index (Phi) is 5.62. The van der Waals surface area contributed by atoms with E-state index in [1.807, 2.05) is 13.8 Å². The molecule has 1 saturated heterocycles. The highest BCUT2D eigenvalue weighted by Gasteiger charge is 2.30. The number of morpholine rings is 1. The first-order valence-corrected chi connectivity index (χ1v) is 11.2. The van der Waals surface area contributed by atoms with Crippen molar-refractivity contribution < 1.29 is 9.53 Å². The molecule has 4 rings (SSSR count). The summed E-state index contributed by atoms with van der Waals surface area (Å²) >= 11 is 1.70. The number of pyridine rings is 1. The maximum atomic E-state index is 12.2. The van der Waals surface area contributed by atoms with E-state index in [0.29, 0.717) is 25.5 Å². The minimum absolute atomic E-state index is 0.127. The summed E-state index contributed by atoms with van der Waals surface area (Å²) in [6.07, 6.45) is 3.00. The van der Waals surface area contributed by atoms with Gasteiger partial charge < -0.3 is 15.0 Å². The van der Waals surface area contributed by atoms with Gasteiger partial charge in [0.25, 0.3) is 0 Å². The van der Waals surface area contributed by atoms with Crippen LogP contribution in [0.25, 0.3) is 10.4 Å². The van der Waals surface area contributed by atoms with Crippen LogP contribution in [0.3, 0.4) is 0 Å². The molecule has 1 amide bonds. The van der Waals surface area contributed by atoms with Crippen molar-refractivity contribution in [1.82, 2.24) is 15.3 Å². The molecule has 2 fully saturated rings. The quantitative estimate of drug-likeness (QED) is 0.778. The van der Waals surface area contributed by atoms with E-state index >= 15 is 0 Å². The number of hydrogen-bond acceptors (Lipinski definition) is 6. The maximum absolute atomic E-state index is 12.2. The van der Waals surface area contributed by atoms with Gasteiger partial charge in [-0.2, -0.15) is 0 Å². The van der Waals surface area contributed by atoms with Crippen molar-refractivity contribution in [3.63, 3.8) is 0 Å². The zero-order chi connectivity index (χ0) is 20.6. The van der Waals surface area contributed by atoms with E-state index in [1.54, 1.807) is 11.3 Å². The number of ether oxygens (including phenoxy) is 1. The van der Waals surface area contributed by atoms with Gasteiger partial charge >= 0.3 is 0 Å². The zero-order valence-electron chi connectivity index (χ0n) is 17.7. The molecule has 2 aliphatic rings. The van der Waals surface area contributed by atoms with Crippen molar-refractivity contribution in [2.75, 3.05) is 24.6 Å². The molecular formula is C22H30N4O2S. The molecule has 29 heavy (non-hydrogen) atoms. The van der Waals surface area contributed by atoms with Gasteiger partial charge in [0, 0.05) is 30.9 Å². The number of rotatable bonds is 6. The summed E-state index contributed by atoms with van der Waals surface area (Å²) in [5.74, 6) is 0.712. The van der Waals surface area contributed by atoms with E-state index in [4.69, 9.17) is 9.72 Å². The van der Waals surface area contributed by atoms with E-state index < -0.39 is 0 Å². The number of aryl methyl sites for hydroxylation is 2. The molecule has 7 heteroatoms. The van der Waals surface area contributed by atoms with Gasteiger partial charge in [-0.3, -0.25) is 9.78 Å². The smallest absolute Gasteiger partial charge is 0.220 e. The fourth-order valence-electron chi connectivity index (χ4n) is 3.80. The number of carbonyl (C=O) groups excluding carboxylic acids is 1. The molecule has 156 valence electrons. The lowest BCUT2D eigenvalue weighted by Crippen LogP contribution is -2.48. The molecule has 6 nitrogen and oxygen atoms in total. The lowest BCUT2D eigenvalue weighted by Gasteiger charge is -2.38. The summed E-state index contributed by atoms with van der Waals surface area (Å²) in [6, 6.07) is 4.20. The van der Waals surface area contributed by atoms with Crippen LogP contribution in [0.4, 0.5) is 5.13 Å². The summed E-state index contributed by atoms with van der Waals surface area (Å²) < 4.78 is 5.86. The van der Waals surface area contributed by atoms with E-state index in [-0.39, 0.29) is 11.5 Å². The molecule has 2 aromatic rings. The second-order valence-electron chi connectivity index (χ2n) is 8.86. The summed E-state index contributed by atoms with van der Waals surface area (Å²) in [7, 11) is 0. The van der Waals surface area contributed by atoms with Gasteiger partial charge in [0.05, 0.1) is 29.3 Å². The lowest BCUT2D eigenvalue weighted by molar-refractivity contribution is -0.121. The molecule has 1 aliphatic carbocycles. The zero-order valence-corrected chi connectivity index (χ0v) is 18.6. The van der Waals surface area contributed by atoms with Gasteiger partial charge in [0.1, 0.15) is 0 Å². The highest BCUT2D eigenvalue weighted by molar-refractivity contribution is 7.19. The third-order valence-electron chi connectivity index (χ3n) is 5.35. The second-order valence-corrected chi connectivity index (χ2v) is 9.84. The average Bonchev–Trinajstić information content (AvgIpc) is 3.33. The molecule has 0 radical (unpaired) electrons. The highest BCUT2D eigenvalue weighted by Crippen LogP contribution is 2.37. The third-order valence-corrected chi connectivity index (χ3v) is 6.56. The van der Waals surface area contributed by atoms with Gasteiger partial charge in [-0.05, 0) is 64.2 Å². The summed E-state index contributed by atoms with van der Waals surface area (Å²) in [4.78, 5) is 25.1. The summed E-state index contributed by atoms with van der Waals surface area (Å²) in [6.45, 7) is 11.1. The van der Waals surface area contributed by atoms with Crippen LogP contribution in [-0.4, -0.2) is 41.2 Å². The Morgan fingerprint density at radius 1 is 1.28 bits per heavy atom. The van der Waals surface area contributed by atoms with Crippen LogP contribution in [0.15, 0.2) is 12.1 Å².